The van der Waals surface area contributed by atoms with E-state index in [2.05, 4.69) is 10.1 Å². The number of hydrogen-bond donors (Lipinski definition) is 0. The molecule has 0 aliphatic carbocycles. The van der Waals surface area contributed by atoms with E-state index in [4.69, 9.17) is 9.78 Å². The molecule has 1 aliphatic rings. The maximum Gasteiger partial charge on any atom is 0.229 e. The lowest BCUT2D eigenvalue weighted by Crippen LogP contribution is -2.35. The van der Waals surface area contributed by atoms with Gasteiger partial charge in [0, 0.05) is 24.9 Å². The SMILES string of the molecule is CC(C)c1nc([C@@H]2CCCN(c3ccc(C#N)cc3F)C2)no1. The fraction of sp³-hybridized carbons (Fsp3) is 0.471. The molecular formula is C17H19FN4O. The molecule has 1 atom stereocenters. The van der Waals surface area contributed by atoms with Gasteiger partial charge < -0.3 is 9.42 Å². The highest BCUT2D eigenvalue weighted by Crippen LogP contribution is 2.30. The zero-order valence-corrected chi connectivity index (χ0v) is 13.3. The van der Waals surface area contributed by atoms with Crippen molar-refractivity contribution in [3.63, 3.8) is 0 Å². The summed E-state index contributed by atoms with van der Waals surface area (Å²) in [6.45, 7) is 5.46. The second-order valence-corrected chi connectivity index (χ2v) is 6.21. The van der Waals surface area contributed by atoms with Crippen molar-refractivity contribution >= 4 is 5.69 Å². The molecule has 0 unspecified atom stereocenters. The number of piperidine rings is 1. The number of nitriles is 1. The number of benzene rings is 1. The molecule has 1 aromatic carbocycles. The van der Waals surface area contributed by atoms with Crippen LogP contribution in [0.2, 0.25) is 0 Å². The standard InChI is InChI=1S/C17H19FN4O/c1-11(2)17-20-16(21-23-17)13-4-3-7-22(10-13)15-6-5-12(9-19)8-14(15)18/h5-6,8,11,13H,3-4,7,10H2,1-2H3/t13-/m1/s1. The molecule has 120 valence electrons. The Morgan fingerprint density at radius 2 is 2.26 bits per heavy atom. The average molecular weight is 314 g/mol. The summed E-state index contributed by atoms with van der Waals surface area (Å²) in [5.41, 5.74) is 0.862. The summed E-state index contributed by atoms with van der Waals surface area (Å²) >= 11 is 0. The Bertz CT molecular complexity index is 734. The molecular weight excluding hydrogens is 295 g/mol. The Morgan fingerprint density at radius 1 is 1.43 bits per heavy atom. The Hall–Kier alpha value is -2.42. The second kappa shape index (κ2) is 6.37. The van der Waals surface area contributed by atoms with E-state index in [-0.39, 0.29) is 17.7 Å². The molecule has 2 heterocycles. The Kier molecular flexibility index (Phi) is 4.28. The van der Waals surface area contributed by atoms with Gasteiger partial charge in [-0.05, 0) is 31.0 Å². The minimum atomic E-state index is -0.360. The largest absolute Gasteiger partial charge is 0.368 e. The van der Waals surface area contributed by atoms with Crippen molar-refractivity contribution in [2.45, 2.75) is 38.5 Å². The molecule has 2 aromatic rings. The molecule has 0 bridgehead atoms. The average Bonchev–Trinajstić information content (AvgIpc) is 3.05. The highest BCUT2D eigenvalue weighted by atomic mass is 19.1. The van der Waals surface area contributed by atoms with Gasteiger partial charge in [0.2, 0.25) is 5.89 Å². The van der Waals surface area contributed by atoms with E-state index >= 15 is 0 Å². The molecule has 0 saturated carbocycles. The summed E-state index contributed by atoms with van der Waals surface area (Å²) in [7, 11) is 0. The van der Waals surface area contributed by atoms with E-state index < -0.39 is 0 Å². The van der Waals surface area contributed by atoms with Gasteiger partial charge >= 0.3 is 0 Å². The van der Waals surface area contributed by atoms with Gasteiger partial charge in [0.1, 0.15) is 5.82 Å². The van der Waals surface area contributed by atoms with E-state index in [1.807, 2.05) is 24.8 Å². The smallest absolute Gasteiger partial charge is 0.229 e. The Morgan fingerprint density at radius 3 is 2.91 bits per heavy atom. The molecule has 1 fully saturated rings. The van der Waals surface area contributed by atoms with Gasteiger partial charge in [0.15, 0.2) is 5.82 Å². The van der Waals surface area contributed by atoms with Gasteiger partial charge in [-0.2, -0.15) is 10.2 Å². The van der Waals surface area contributed by atoms with Crippen LogP contribution in [0, 0.1) is 17.1 Å². The van der Waals surface area contributed by atoms with E-state index in [9.17, 15) is 4.39 Å². The summed E-state index contributed by atoms with van der Waals surface area (Å²) in [5, 5.41) is 12.9. The molecule has 1 aromatic heterocycles. The van der Waals surface area contributed by atoms with E-state index in [0.29, 0.717) is 29.5 Å². The number of halogens is 1. The summed E-state index contributed by atoms with van der Waals surface area (Å²) in [5.74, 6) is 1.32. The summed E-state index contributed by atoms with van der Waals surface area (Å²) in [6.07, 6.45) is 1.90. The number of anilines is 1. The van der Waals surface area contributed by atoms with Gasteiger partial charge in [-0.25, -0.2) is 4.39 Å². The molecule has 0 N–H and O–H groups in total. The third kappa shape index (κ3) is 3.19. The maximum atomic E-state index is 14.2. The van der Waals surface area contributed by atoms with Crippen LogP contribution in [0.1, 0.15) is 55.8 Å². The fourth-order valence-corrected chi connectivity index (χ4v) is 2.89. The van der Waals surface area contributed by atoms with Gasteiger partial charge in [0.25, 0.3) is 0 Å². The molecule has 3 rings (SSSR count). The molecule has 23 heavy (non-hydrogen) atoms. The summed E-state index contributed by atoms with van der Waals surface area (Å²) in [4.78, 5) is 6.47. The Labute approximate surface area is 134 Å². The molecule has 0 amide bonds. The monoisotopic (exact) mass is 314 g/mol. The number of hydrogen-bond acceptors (Lipinski definition) is 5. The van der Waals surface area contributed by atoms with Gasteiger partial charge in [-0.1, -0.05) is 19.0 Å². The highest BCUT2D eigenvalue weighted by Gasteiger charge is 2.27. The van der Waals surface area contributed by atoms with Crippen molar-refractivity contribution in [2.75, 3.05) is 18.0 Å². The van der Waals surface area contributed by atoms with Crippen LogP contribution in [0.5, 0.6) is 0 Å². The van der Waals surface area contributed by atoms with Gasteiger partial charge in [0.05, 0.1) is 17.3 Å². The first-order valence-corrected chi connectivity index (χ1v) is 7.86. The second-order valence-electron chi connectivity index (χ2n) is 6.21. The van der Waals surface area contributed by atoms with Crippen LogP contribution >= 0.6 is 0 Å². The van der Waals surface area contributed by atoms with Crippen LogP contribution in [0.25, 0.3) is 0 Å². The molecule has 0 radical (unpaired) electrons. The first-order chi connectivity index (χ1) is 11.1. The third-order valence-corrected chi connectivity index (χ3v) is 4.16. The molecule has 1 aliphatic heterocycles. The fourth-order valence-electron chi connectivity index (χ4n) is 2.89. The van der Waals surface area contributed by atoms with Crippen LogP contribution in [0.15, 0.2) is 22.7 Å². The Balaban J connectivity index is 1.79. The first kappa shape index (κ1) is 15.5. The van der Waals surface area contributed by atoms with Gasteiger partial charge in [-0.3, -0.25) is 0 Å². The van der Waals surface area contributed by atoms with Crippen molar-refractivity contribution in [2.24, 2.45) is 0 Å². The molecule has 6 heteroatoms. The molecule has 0 spiro atoms. The maximum absolute atomic E-state index is 14.2. The lowest BCUT2D eigenvalue weighted by molar-refractivity contribution is 0.354. The zero-order chi connectivity index (χ0) is 16.4. The van der Waals surface area contributed by atoms with Crippen LogP contribution in [0.4, 0.5) is 10.1 Å². The van der Waals surface area contributed by atoms with Crippen LogP contribution in [-0.2, 0) is 0 Å². The predicted molar refractivity (Wildman–Crippen MR) is 83.7 cm³/mol. The summed E-state index contributed by atoms with van der Waals surface area (Å²) in [6, 6.07) is 6.56. The molecule has 5 nitrogen and oxygen atoms in total. The molecule has 1 saturated heterocycles. The highest BCUT2D eigenvalue weighted by molar-refractivity contribution is 5.51. The normalized spacial score (nSPS) is 18.2. The van der Waals surface area contributed by atoms with E-state index in [1.165, 1.54) is 6.07 Å². The van der Waals surface area contributed by atoms with Crippen molar-refractivity contribution in [1.82, 2.24) is 10.1 Å². The van der Waals surface area contributed by atoms with Crippen molar-refractivity contribution < 1.29 is 8.91 Å². The van der Waals surface area contributed by atoms with Crippen molar-refractivity contribution in [3.05, 3.63) is 41.3 Å². The predicted octanol–water partition coefficient (Wildman–Crippen LogP) is 3.59. The number of nitrogens with zero attached hydrogens (tertiary/aromatic N) is 4. The van der Waals surface area contributed by atoms with Gasteiger partial charge in [-0.15, -0.1) is 0 Å². The number of rotatable bonds is 3. The minimum Gasteiger partial charge on any atom is -0.368 e. The minimum absolute atomic E-state index is 0.134. The van der Waals surface area contributed by atoms with Crippen molar-refractivity contribution in [1.29, 1.82) is 5.26 Å². The third-order valence-electron chi connectivity index (χ3n) is 4.16. The number of aromatic nitrogens is 2. The first-order valence-electron chi connectivity index (χ1n) is 7.86. The van der Waals surface area contributed by atoms with E-state index in [1.54, 1.807) is 12.1 Å². The van der Waals surface area contributed by atoms with E-state index in [0.717, 1.165) is 19.4 Å². The summed E-state index contributed by atoms with van der Waals surface area (Å²) < 4.78 is 19.5. The van der Waals surface area contributed by atoms with Crippen LogP contribution in [0.3, 0.4) is 0 Å². The zero-order valence-electron chi connectivity index (χ0n) is 13.3. The van der Waals surface area contributed by atoms with Crippen molar-refractivity contribution in [3.8, 4) is 6.07 Å². The lowest BCUT2D eigenvalue weighted by atomic mass is 9.96. The topological polar surface area (TPSA) is 66.0 Å². The quantitative estimate of drug-likeness (QED) is 0.866. The lowest BCUT2D eigenvalue weighted by Gasteiger charge is -2.33. The van der Waals surface area contributed by atoms with Crippen LogP contribution in [-0.4, -0.2) is 23.2 Å². The van der Waals surface area contributed by atoms with Crippen LogP contribution < -0.4 is 4.90 Å².